The summed E-state index contributed by atoms with van der Waals surface area (Å²) in [6.45, 7) is 5.43. The minimum Gasteiger partial charge on any atom is -0.493 e. The third kappa shape index (κ3) is 4.37. The predicted molar refractivity (Wildman–Crippen MR) is 97.9 cm³/mol. The molecule has 0 radical (unpaired) electrons. The third-order valence-electron chi connectivity index (χ3n) is 4.88. The molecule has 1 heterocycles. The van der Waals surface area contributed by atoms with Gasteiger partial charge in [0.2, 0.25) is 5.75 Å². The molecule has 0 atom stereocenters. The van der Waals surface area contributed by atoms with E-state index in [2.05, 4.69) is 11.8 Å². The second kappa shape index (κ2) is 8.94. The number of methoxy groups -OCH3 is 3. The monoisotopic (exact) mass is 350 g/mol. The van der Waals surface area contributed by atoms with Crippen molar-refractivity contribution in [3.63, 3.8) is 0 Å². The molecule has 1 aromatic carbocycles. The summed E-state index contributed by atoms with van der Waals surface area (Å²) in [7, 11) is 6.54. The van der Waals surface area contributed by atoms with Gasteiger partial charge in [-0.1, -0.05) is 6.92 Å². The lowest BCUT2D eigenvalue weighted by molar-refractivity contribution is 0.0642. The molecule has 1 fully saturated rings. The van der Waals surface area contributed by atoms with Crippen LogP contribution in [0.25, 0.3) is 0 Å². The van der Waals surface area contributed by atoms with Gasteiger partial charge in [-0.25, -0.2) is 0 Å². The van der Waals surface area contributed by atoms with Crippen molar-refractivity contribution >= 4 is 5.91 Å². The fraction of sp³-hybridized carbons (Fsp3) is 0.632. The van der Waals surface area contributed by atoms with E-state index in [1.807, 2.05) is 11.9 Å². The number of rotatable bonds is 7. The molecule has 1 aliphatic rings. The first-order valence-electron chi connectivity index (χ1n) is 8.85. The van der Waals surface area contributed by atoms with Gasteiger partial charge in [0.1, 0.15) is 0 Å². The molecule has 0 aliphatic carbocycles. The van der Waals surface area contributed by atoms with Gasteiger partial charge in [-0.2, -0.15) is 0 Å². The summed E-state index contributed by atoms with van der Waals surface area (Å²) < 4.78 is 16.0. The second-order valence-corrected chi connectivity index (χ2v) is 6.40. The quantitative estimate of drug-likeness (QED) is 0.757. The maximum Gasteiger partial charge on any atom is 0.254 e. The van der Waals surface area contributed by atoms with Gasteiger partial charge in [-0.05, 0) is 37.9 Å². The molecule has 1 saturated heterocycles. The summed E-state index contributed by atoms with van der Waals surface area (Å²) in [4.78, 5) is 17.3. The molecule has 0 saturated carbocycles. The van der Waals surface area contributed by atoms with Crippen molar-refractivity contribution in [3.05, 3.63) is 17.7 Å². The molecule has 6 nitrogen and oxygen atoms in total. The van der Waals surface area contributed by atoms with Gasteiger partial charge in [0.15, 0.2) is 11.5 Å². The van der Waals surface area contributed by atoms with E-state index in [-0.39, 0.29) is 11.9 Å². The third-order valence-corrected chi connectivity index (χ3v) is 4.88. The average molecular weight is 350 g/mol. The van der Waals surface area contributed by atoms with Crippen LogP contribution in [-0.4, -0.2) is 69.8 Å². The van der Waals surface area contributed by atoms with E-state index < -0.39 is 0 Å². The lowest BCUT2D eigenvalue weighted by atomic mass is 10.0. The molecule has 0 N–H and O–H groups in total. The number of likely N-dealkylation sites (tertiary alicyclic amines) is 1. The van der Waals surface area contributed by atoms with Crippen molar-refractivity contribution in [1.82, 2.24) is 9.80 Å². The second-order valence-electron chi connectivity index (χ2n) is 6.40. The maximum atomic E-state index is 12.9. The van der Waals surface area contributed by atoms with Crippen LogP contribution in [0.3, 0.4) is 0 Å². The molecule has 0 spiro atoms. The molecule has 0 unspecified atom stereocenters. The van der Waals surface area contributed by atoms with E-state index in [4.69, 9.17) is 14.2 Å². The van der Waals surface area contributed by atoms with Gasteiger partial charge in [0.05, 0.1) is 21.3 Å². The van der Waals surface area contributed by atoms with Crippen molar-refractivity contribution in [1.29, 1.82) is 0 Å². The highest BCUT2D eigenvalue weighted by Gasteiger charge is 2.27. The normalized spacial score (nSPS) is 15.7. The van der Waals surface area contributed by atoms with Crippen molar-refractivity contribution in [3.8, 4) is 17.2 Å². The van der Waals surface area contributed by atoms with E-state index >= 15 is 0 Å². The number of benzene rings is 1. The van der Waals surface area contributed by atoms with Gasteiger partial charge in [0.25, 0.3) is 5.91 Å². The van der Waals surface area contributed by atoms with Crippen molar-refractivity contribution < 1.29 is 19.0 Å². The van der Waals surface area contributed by atoms with Gasteiger partial charge in [-0.15, -0.1) is 0 Å². The standard InChI is InChI=1S/C19H30N2O4/c1-6-9-21-10-7-15(8-11-21)20(2)19(22)14-12-16(23-3)18(25-5)17(13-14)24-4/h12-13,15H,6-11H2,1-5H3. The Kier molecular flexibility index (Phi) is 6.93. The number of carbonyl (C=O) groups is 1. The summed E-state index contributed by atoms with van der Waals surface area (Å²) >= 11 is 0. The zero-order valence-corrected chi connectivity index (χ0v) is 16.0. The van der Waals surface area contributed by atoms with Crippen LogP contribution in [0.5, 0.6) is 17.2 Å². The number of carbonyl (C=O) groups excluding carboxylic acids is 1. The lowest BCUT2D eigenvalue weighted by Gasteiger charge is -2.36. The number of amides is 1. The van der Waals surface area contributed by atoms with Gasteiger partial charge >= 0.3 is 0 Å². The molecule has 1 aliphatic heterocycles. The highest BCUT2D eigenvalue weighted by atomic mass is 16.5. The Balaban J connectivity index is 2.14. The Bertz CT molecular complexity index is 558. The van der Waals surface area contributed by atoms with Gasteiger partial charge < -0.3 is 24.0 Å². The molecule has 140 valence electrons. The summed E-state index contributed by atoms with van der Waals surface area (Å²) in [5.74, 6) is 1.47. The largest absolute Gasteiger partial charge is 0.493 e. The van der Waals surface area contributed by atoms with E-state index in [1.54, 1.807) is 33.5 Å². The molecule has 0 aromatic heterocycles. The first-order valence-corrected chi connectivity index (χ1v) is 8.85. The summed E-state index contributed by atoms with van der Waals surface area (Å²) in [6.07, 6.45) is 3.18. The van der Waals surface area contributed by atoms with Gasteiger partial charge in [-0.3, -0.25) is 4.79 Å². The zero-order chi connectivity index (χ0) is 18.4. The molecule has 25 heavy (non-hydrogen) atoms. The van der Waals surface area contributed by atoms with Crippen LogP contribution >= 0.6 is 0 Å². The molecular formula is C19H30N2O4. The number of ether oxygens (including phenoxy) is 3. The fourth-order valence-corrected chi connectivity index (χ4v) is 3.42. The lowest BCUT2D eigenvalue weighted by Crippen LogP contribution is -2.45. The first-order chi connectivity index (χ1) is 12.0. The summed E-state index contributed by atoms with van der Waals surface area (Å²) in [6, 6.07) is 3.69. The van der Waals surface area contributed by atoms with Crippen LogP contribution in [0.1, 0.15) is 36.5 Å². The van der Waals surface area contributed by atoms with Crippen LogP contribution in [0.2, 0.25) is 0 Å². The van der Waals surface area contributed by atoms with E-state index in [1.165, 1.54) is 6.42 Å². The highest BCUT2D eigenvalue weighted by Crippen LogP contribution is 2.38. The SMILES string of the molecule is CCCN1CCC(N(C)C(=O)c2cc(OC)c(OC)c(OC)c2)CC1. The fourth-order valence-electron chi connectivity index (χ4n) is 3.42. The van der Waals surface area contributed by atoms with Crippen LogP contribution in [0, 0.1) is 0 Å². The van der Waals surface area contributed by atoms with Crippen molar-refractivity contribution in [2.45, 2.75) is 32.2 Å². The van der Waals surface area contributed by atoms with E-state index in [0.29, 0.717) is 22.8 Å². The van der Waals surface area contributed by atoms with Gasteiger partial charge in [0, 0.05) is 31.7 Å². The summed E-state index contributed by atoms with van der Waals surface area (Å²) in [5, 5.41) is 0. The first kappa shape index (κ1) is 19.4. The molecule has 1 aromatic rings. The Morgan fingerprint density at radius 2 is 1.68 bits per heavy atom. The molecule has 6 heteroatoms. The minimum atomic E-state index is -0.0202. The summed E-state index contributed by atoms with van der Waals surface area (Å²) in [5.41, 5.74) is 0.549. The molecule has 0 bridgehead atoms. The predicted octanol–water partition coefficient (Wildman–Crippen LogP) is 2.66. The van der Waals surface area contributed by atoms with Crippen LogP contribution in [0.15, 0.2) is 12.1 Å². The van der Waals surface area contributed by atoms with E-state index in [0.717, 1.165) is 32.5 Å². The highest BCUT2D eigenvalue weighted by molar-refractivity contribution is 5.95. The Morgan fingerprint density at radius 1 is 1.12 bits per heavy atom. The van der Waals surface area contributed by atoms with Crippen molar-refractivity contribution in [2.75, 3.05) is 48.0 Å². The molecule has 1 amide bonds. The van der Waals surface area contributed by atoms with Crippen LogP contribution < -0.4 is 14.2 Å². The number of piperidine rings is 1. The van der Waals surface area contributed by atoms with Crippen LogP contribution in [0.4, 0.5) is 0 Å². The Morgan fingerprint density at radius 3 is 2.12 bits per heavy atom. The number of nitrogens with zero attached hydrogens (tertiary/aromatic N) is 2. The van der Waals surface area contributed by atoms with Crippen LogP contribution in [-0.2, 0) is 0 Å². The smallest absolute Gasteiger partial charge is 0.254 e. The maximum absolute atomic E-state index is 12.9. The molecular weight excluding hydrogens is 320 g/mol. The molecule has 2 rings (SSSR count). The average Bonchev–Trinajstić information content (AvgIpc) is 2.66. The Hall–Kier alpha value is -1.95. The topological polar surface area (TPSA) is 51.2 Å². The minimum absolute atomic E-state index is 0.0202. The number of hydrogen-bond acceptors (Lipinski definition) is 5. The van der Waals surface area contributed by atoms with Crippen molar-refractivity contribution in [2.24, 2.45) is 0 Å². The number of hydrogen-bond donors (Lipinski definition) is 0. The Labute approximate surface area is 150 Å². The zero-order valence-electron chi connectivity index (χ0n) is 16.0. The van der Waals surface area contributed by atoms with E-state index in [9.17, 15) is 4.79 Å².